The summed E-state index contributed by atoms with van der Waals surface area (Å²) < 4.78 is 18.9. The first-order valence-electron chi connectivity index (χ1n) is 19.0. The molecule has 0 aliphatic carbocycles. The SMILES string of the molecule is CC[C@H](O)[C@@H](C)[C@H]1O[C@@H]1C[C@H](C)/C=C/C=C(\C)[C@H]1OC(=O)C[C@H](O)CC[C@@](C)(O)[C@@H](OC(=O)N2CC[N+]3(CCCCCC3)CC2)/C=C/[C@@H]1C.[Br-]. The Morgan fingerprint density at radius 2 is 1.80 bits per heavy atom. The van der Waals surface area contributed by atoms with Crippen LogP contribution >= 0.6 is 0 Å². The number of ether oxygens (including phenoxy) is 3. The largest absolute Gasteiger partial charge is 1.00 e. The Bertz CT molecular complexity index is 1170. The zero-order valence-corrected chi connectivity index (χ0v) is 32.9. The van der Waals surface area contributed by atoms with Gasteiger partial charge in [-0.05, 0) is 82.8 Å². The molecule has 1 spiro atoms. The zero-order valence-electron chi connectivity index (χ0n) is 31.3. The first kappa shape index (κ1) is 42.7. The monoisotopic (exact) mass is 768 g/mol. The number of carbonyl (C=O) groups is 2. The predicted octanol–water partition coefficient (Wildman–Crippen LogP) is 2.31. The van der Waals surface area contributed by atoms with Crippen molar-refractivity contribution >= 4 is 12.1 Å². The number of aliphatic hydroxyl groups excluding tert-OH is 2. The fourth-order valence-electron chi connectivity index (χ4n) is 7.85. The molecule has 0 saturated carbocycles. The molecule has 10 nitrogen and oxygen atoms in total. The van der Waals surface area contributed by atoms with E-state index in [2.05, 4.69) is 13.0 Å². The fourth-order valence-corrected chi connectivity index (χ4v) is 7.85. The molecule has 11 heteroatoms. The van der Waals surface area contributed by atoms with E-state index in [-0.39, 0.29) is 72.3 Å². The molecule has 50 heavy (non-hydrogen) atoms. The molecule has 3 N–H and O–H groups in total. The summed E-state index contributed by atoms with van der Waals surface area (Å²) in [5, 5.41) is 32.4. The number of cyclic esters (lactones) is 1. The summed E-state index contributed by atoms with van der Waals surface area (Å²) in [7, 11) is 0. The van der Waals surface area contributed by atoms with Crippen molar-refractivity contribution in [2.45, 2.75) is 142 Å². The molecule has 3 saturated heterocycles. The van der Waals surface area contributed by atoms with E-state index in [1.165, 1.54) is 38.8 Å². The minimum absolute atomic E-state index is 0. The van der Waals surface area contributed by atoms with Crippen LogP contribution < -0.4 is 17.0 Å². The van der Waals surface area contributed by atoms with Gasteiger partial charge in [0.05, 0.1) is 70.1 Å². The van der Waals surface area contributed by atoms with Crippen LogP contribution in [0.1, 0.15) is 99.3 Å². The Hall–Kier alpha value is -1.76. The molecule has 0 aromatic rings. The van der Waals surface area contributed by atoms with Crippen molar-refractivity contribution in [1.82, 2.24) is 4.90 Å². The second-order valence-corrected chi connectivity index (χ2v) is 15.8. The smallest absolute Gasteiger partial charge is 0.410 e. The number of allylic oxidation sites excluding steroid dienone is 3. The molecule has 4 aliphatic rings. The van der Waals surface area contributed by atoms with Gasteiger partial charge < -0.3 is 51.0 Å². The van der Waals surface area contributed by atoms with E-state index in [0.29, 0.717) is 13.1 Å². The van der Waals surface area contributed by atoms with Crippen molar-refractivity contribution in [2.24, 2.45) is 17.8 Å². The summed E-state index contributed by atoms with van der Waals surface area (Å²) in [4.78, 5) is 28.1. The quantitative estimate of drug-likeness (QED) is 0.107. The molecule has 3 fully saturated rings. The Labute approximate surface area is 311 Å². The van der Waals surface area contributed by atoms with E-state index < -0.39 is 36.0 Å². The highest BCUT2D eigenvalue weighted by molar-refractivity contribution is 5.70. The highest BCUT2D eigenvalue weighted by atomic mass is 79.9. The lowest BCUT2D eigenvalue weighted by Crippen LogP contribution is -3.00. The topological polar surface area (TPSA) is 129 Å². The number of rotatable bonds is 9. The molecule has 4 aliphatic heterocycles. The number of piperazine rings is 1. The van der Waals surface area contributed by atoms with Crippen molar-refractivity contribution in [3.05, 3.63) is 36.0 Å². The number of quaternary nitrogens is 1. The van der Waals surface area contributed by atoms with Gasteiger partial charge in [0.1, 0.15) is 11.7 Å². The van der Waals surface area contributed by atoms with Gasteiger partial charge in [0.25, 0.3) is 0 Å². The van der Waals surface area contributed by atoms with Crippen LogP contribution in [-0.4, -0.2) is 118 Å². The second-order valence-electron chi connectivity index (χ2n) is 15.8. The second kappa shape index (κ2) is 19.4. The molecular formula is C39H65BrN2O8. The number of amides is 1. The van der Waals surface area contributed by atoms with E-state index in [1.54, 1.807) is 17.9 Å². The van der Waals surface area contributed by atoms with Crippen LogP contribution in [0.5, 0.6) is 0 Å². The van der Waals surface area contributed by atoms with Crippen molar-refractivity contribution in [2.75, 3.05) is 39.3 Å². The summed E-state index contributed by atoms with van der Waals surface area (Å²) in [5.74, 6) is -0.424. The highest BCUT2D eigenvalue weighted by Gasteiger charge is 2.45. The summed E-state index contributed by atoms with van der Waals surface area (Å²) >= 11 is 0. The lowest BCUT2D eigenvalue weighted by Gasteiger charge is -2.44. The van der Waals surface area contributed by atoms with Gasteiger partial charge >= 0.3 is 12.1 Å². The maximum atomic E-state index is 13.5. The number of aliphatic hydroxyl groups is 3. The van der Waals surface area contributed by atoms with E-state index in [9.17, 15) is 24.9 Å². The third-order valence-electron chi connectivity index (χ3n) is 11.5. The number of hydrogen-bond acceptors (Lipinski definition) is 8. The normalized spacial score (nSPS) is 35.0. The molecule has 0 unspecified atom stereocenters. The van der Waals surface area contributed by atoms with E-state index in [1.807, 2.05) is 45.9 Å². The van der Waals surface area contributed by atoms with Gasteiger partial charge in [-0.2, -0.15) is 0 Å². The molecule has 0 radical (unpaired) electrons. The summed E-state index contributed by atoms with van der Waals surface area (Å²) in [6.07, 6.45) is 13.3. The minimum atomic E-state index is -1.44. The van der Waals surface area contributed by atoms with E-state index in [4.69, 9.17) is 14.2 Å². The first-order chi connectivity index (χ1) is 23.2. The molecule has 0 aromatic carbocycles. The van der Waals surface area contributed by atoms with Crippen LogP contribution in [0.4, 0.5) is 4.79 Å². The molecule has 4 heterocycles. The number of hydrogen-bond donors (Lipinski definition) is 3. The molecule has 10 atom stereocenters. The average Bonchev–Trinajstić information content (AvgIpc) is 3.87. The van der Waals surface area contributed by atoms with Crippen LogP contribution in [0, 0.1) is 17.8 Å². The summed E-state index contributed by atoms with van der Waals surface area (Å²) in [6.45, 7) is 17.1. The zero-order chi connectivity index (χ0) is 35.8. The van der Waals surface area contributed by atoms with Crippen molar-refractivity contribution in [1.29, 1.82) is 0 Å². The standard InChI is InChI=1S/C39H65N2O8.BrH/c1-7-32(43)30(5)37-33(47-37)25-27(2)13-12-14-28(3)36-29(4)15-16-34(39(6,46)18-17-31(42)26-35(44)49-36)48-38(45)40-19-23-41(24-20-40)21-10-8-9-11-22-41;/h12-16,27,29-34,36-37,42-43,46H,7-11,17-26H2,1-6H3;1H/q+1;/p-1/b13-12+,16-15+,28-14+;/t27-,29+,30-,31-,32+,33-,34+,36-,37-,39-;/m1./s1. The number of epoxide rings is 1. The number of carbonyl (C=O) groups excluding carboxylic acids is 2. The number of nitrogens with zero attached hydrogens (tertiary/aromatic N) is 2. The van der Waals surface area contributed by atoms with Gasteiger partial charge in [-0.25, -0.2) is 4.79 Å². The van der Waals surface area contributed by atoms with Gasteiger partial charge in [-0.3, -0.25) is 9.69 Å². The lowest BCUT2D eigenvalue weighted by atomic mass is 9.88. The molecule has 1 amide bonds. The van der Waals surface area contributed by atoms with Gasteiger partial charge in [0.2, 0.25) is 0 Å². The van der Waals surface area contributed by atoms with E-state index in [0.717, 1.165) is 36.0 Å². The maximum Gasteiger partial charge on any atom is 0.410 e. The van der Waals surface area contributed by atoms with E-state index >= 15 is 0 Å². The van der Waals surface area contributed by atoms with Crippen molar-refractivity contribution < 1.29 is 60.6 Å². The molecule has 4 rings (SSSR count). The minimum Gasteiger partial charge on any atom is -1.00 e. The van der Waals surface area contributed by atoms with Gasteiger partial charge in [-0.1, -0.05) is 52.0 Å². The van der Waals surface area contributed by atoms with Crippen LogP contribution in [-0.2, 0) is 19.0 Å². The van der Waals surface area contributed by atoms with Crippen molar-refractivity contribution in [3.63, 3.8) is 0 Å². The third-order valence-corrected chi connectivity index (χ3v) is 11.5. The number of esters is 1. The Morgan fingerprint density at radius 1 is 1.14 bits per heavy atom. The van der Waals surface area contributed by atoms with Crippen LogP contribution in [0.2, 0.25) is 0 Å². The Kier molecular flexibility index (Phi) is 16.5. The number of halogens is 1. The highest BCUT2D eigenvalue weighted by Crippen LogP contribution is 2.36. The molecular weight excluding hydrogens is 704 g/mol. The average molecular weight is 770 g/mol. The van der Waals surface area contributed by atoms with Gasteiger partial charge in [-0.15, -0.1) is 0 Å². The van der Waals surface area contributed by atoms with Gasteiger partial charge in [0, 0.05) is 11.8 Å². The van der Waals surface area contributed by atoms with Gasteiger partial charge in [0.15, 0.2) is 6.10 Å². The first-order valence-corrected chi connectivity index (χ1v) is 19.0. The van der Waals surface area contributed by atoms with Crippen LogP contribution in [0.15, 0.2) is 36.0 Å². The Morgan fingerprint density at radius 3 is 2.44 bits per heavy atom. The summed E-state index contributed by atoms with van der Waals surface area (Å²) in [6, 6.07) is 0. The Balaban J connectivity index is 0.00000676. The summed E-state index contributed by atoms with van der Waals surface area (Å²) in [5.41, 5.74) is -0.611. The predicted molar refractivity (Wildman–Crippen MR) is 190 cm³/mol. The fraction of sp³-hybridized carbons (Fsp3) is 0.795. The molecule has 0 bridgehead atoms. The van der Waals surface area contributed by atoms with Crippen molar-refractivity contribution in [3.8, 4) is 0 Å². The maximum absolute atomic E-state index is 13.5. The van der Waals surface area contributed by atoms with Crippen LogP contribution in [0.25, 0.3) is 0 Å². The lowest BCUT2D eigenvalue weighted by molar-refractivity contribution is -0.930. The molecule has 0 aromatic heterocycles. The third kappa shape index (κ3) is 12.2. The van der Waals surface area contributed by atoms with Crippen LogP contribution in [0.3, 0.4) is 0 Å². The molecule has 286 valence electrons.